The average molecular weight is 414 g/mol. The molecule has 1 aromatic heterocycles. The van der Waals surface area contributed by atoms with Gasteiger partial charge in [0.2, 0.25) is 0 Å². The third kappa shape index (κ3) is 2.99. The van der Waals surface area contributed by atoms with Crippen molar-refractivity contribution in [2.75, 3.05) is 36.5 Å². The maximum absolute atomic E-state index is 9.15. The zero-order chi connectivity index (χ0) is 18.1. The Kier molecular flexibility index (Phi) is 4.68. The van der Waals surface area contributed by atoms with Crippen molar-refractivity contribution in [3.05, 3.63) is 40.6 Å². The van der Waals surface area contributed by atoms with Crippen LogP contribution in [-0.4, -0.2) is 42.8 Å². The van der Waals surface area contributed by atoms with Crippen LogP contribution in [0.5, 0.6) is 5.88 Å². The highest BCUT2D eigenvalue weighted by Gasteiger charge is 2.39. The van der Waals surface area contributed by atoms with E-state index >= 15 is 0 Å². The molecule has 0 bridgehead atoms. The lowest BCUT2D eigenvalue weighted by atomic mass is 9.92. The van der Waals surface area contributed by atoms with E-state index in [1.807, 2.05) is 12.1 Å². The molecular formula is C19H20BrN5O. The molecule has 6 nitrogen and oxygen atoms in total. The molecule has 1 aromatic carbocycles. The molecule has 0 N–H and O–H groups in total. The Balaban J connectivity index is 1.59. The molecule has 7 heteroatoms. The van der Waals surface area contributed by atoms with Crippen LogP contribution in [0.1, 0.15) is 18.4 Å². The number of halogens is 1. The summed E-state index contributed by atoms with van der Waals surface area (Å²) >= 11 is 3.52. The first-order valence-electron chi connectivity index (χ1n) is 8.77. The molecule has 2 atom stereocenters. The third-order valence-electron chi connectivity index (χ3n) is 5.41. The van der Waals surface area contributed by atoms with Gasteiger partial charge in [-0.1, -0.05) is 0 Å². The van der Waals surface area contributed by atoms with Gasteiger partial charge in [0.05, 0.1) is 12.7 Å². The molecule has 2 aliphatic heterocycles. The molecule has 2 aromatic rings. The quantitative estimate of drug-likeness (QED) is 0.769. The van der Waals surface area contributed by atoms with E-state index in [1.54, 1.807) is 19.5 Å². The Morgan fingerprint density at radius 2 is 2.04 bits per heavy atom. The largest absolute Gasteiger partial charge is 0.478 e. The molecule has 0 radical (unpaired) electrons. The van der Waals surface area contributed by atoms with E-state index in [2.05, 4.69) is 47.8 Å². The van der Waals surface area contributed by atoms with Gasteiger partial charge >= 0.3 is 0 Å². The lowest BCUT2D eigenvalue weighted by Crippen LogP contribution is -2.48. The van der Waals surface area contributed by atoms with Gasteiger partial charge in [0.1, 0.15) is 6.07 Å². The molecule has 0 spiro atoms. The molecule has 2 fully saturated rings. The molecule has 0 amide bonds. The zero-order valence-corrected chi connectivity index (χ0v) is 16.2. The molecular weight excluding hydrogens is 394 g/mol. The number of methoxy groups -OCH3 is 1. The van der Waals surface area contributed by atoms with Gasteiger partial charge in [-0.25, -0.2) is 9.97 Å². The average Bonchev–Trinajstić information content (AvgIpc) is 3.11. The van der Waals surface area contributed by atoms with Crippen molar-refractivity contribution in [1.82, 2.24) is 9.97 Å². The van der Waals surface area contributed by atoms with Gasteiger partial charge in [-0.3, -0.25) is 0 Å². The predicted molar refractivity (Wildman–Crippen MR) is 104 cm³/mol. The second kappa shape index (κ2) is 7.12. The van der Waals surface area contributed by atoms with Gasteiger partial charge in [0, 0.05) is 48.2 Å². The fourth-order valence-electron chi connectivity index (χ4n) is 4.11. The smallest absolute Gasteiger partial charge is 0.257 e. The molecule has 3 heterocycles. The number of anilines is 2. The predicted octanol–water partition coefficient (Wildman–Crippen LogP) is 3.22. The first kappa shape index (κ1) is 17.1. The highest BCUT2D eigenvalue weighted by atomic mass is 79.9. The van der Waals surface area contributed by atoms with Crippen LogP contribution in [0.4, 0.5) is 11.5 Å². The summed E-state index contributed by atoms with van der Waals surface area (Å²) < 4.78 is 6.25. The fraction of sp³-hybridized carbons (Fsp3) is 0.421. The van der Waals surface area contributed by atoms with E-state index in [9.17, 15) is 0 Å². The van der Waals surface area contributed by atoms with Gasteiger partial charge in [0.25, 0.3) is 5.88 Å². The minimum absolute atomic E-state index is 0.426. The minimum Gasteiger partial charge on any atom is -0.478 e. The summed E-state index contributed by atoms with van der Waals surface area (Å²) in [5.74, 6) is 2.08. The summed E-state index contributed by atoms with van der Waals surface area (Å²) in [4.78, 5) is 13.5. The Morgan fingerprint density at radius 3 is 2.81 bits per heavy atom. The lowest BCUT2D eigenvalue weighted by molar-refractivity contribution is 0.372. The van der Waals surface area contributed by atoms with E-state index in [4.69, 9.17) is 10.00 Å². The van der Waals surface area contributed by atoms with Crippen molar-refractivity contribution in [3.63, 3.8) is 0 Å². The highest BCUT2D eigenvalue weighted by molar-refractivity contribution is 9.10. The Labute approximate surface area is 161 Å². The fourth-order valence-corrected chi connectivity index (χ4v) is 4.56. The summed E-state index contributed by atoms with van der Waals surface area (Å²) in [5.41, 5.74) is 1.83. The number of rotatable bonds is 3. The molecule has 0 aliphatic carbocycles. The maximum Gasteiger partial charge on any atom is 0.257 e. The number of hydrogen-bond donors (Lipinski definition) is 0. The monoisotopic (exact) mass is 413 g/mol. The SMILES string of the molecule is COc1nccnc1N1CCC2CCN(c3ccc(C#N)c(Br)c3)C2C1. The van der Waals surface area contributed by atoms with Crippen LogP contribution in [-0.2, 0) is 0 Å². The number of nitrogens with zero attached hydrogens (tertiary/aromatic N) is 5. The number of nitriles is 1. The third-order valence-corrected chi connectivity index (χ3v) is 6.06. The molecule has 4 rings (SSSR count). The van der Waals surface area contributed by atoms with E-state index in [0.29, 0.717) is 23.4 Å². The lowest BCUT2D eigenvalue weighted by Gasteiger charge is -2.40. The maximum atomic E-state index is 9.15. The van der Waals surface area contributed by atoms with Crippen LogP contribution in [0.3, 0.4) is 0 Å². The van der Waals surface area contributed by atoms with Crippen LogP contribution < -0.4 is 14.5 Å². The van der Waals surface area contributed by atoms with Gasteiger partial charge < -0.3 is 14.5 Å². The number of piperidine rings is 1. The summed E-state index contributed by atoms with van der Waals surface area (Å²) in [7, 11) is 1.64. The second-order valence-corrected chi connectivity index (χ2v) is 7.56. The Morgan fingerprint density at radius 1 is 1.23 bits per heavy atom. The topological polar surface area (TPSA) is 65.3 Å². The van der Waals surface area contributed by atoms with Crippen molar-refractivity contribution in [2.24, 2.45) is 5.92 Å². The van der Waals surface area contributed by atoms with Crippen LogP contribution in [0.15, 0.2) is 35.1 Å². The highest BCUT2D eigenvalue weighted by Crippen LogP contribution is 2.38. The van der Waals surface area contributed by atoms with Gasteiger partial charge in [-0.15, -0.1) is 0 Å². The van der Waals surface area contributed by atoms with Gasteiger partial charge in [-0.2, -0.15) is 5.26 Å². The Hall–Kier alpha value is -2.33. The van der Waals surface area contributed by atoms with E-state index in [1.165, 1.54) is 6.42 Å². The molecule has 2 unspecified atom stereocenters. The summed E-state index contributed by atoms with van der Waals surface area (Å²) in [5, 5.41) is 9.15. The Bertz CT molecular complexity index is 852. The second-order valence-electron chi connectivity index (χ2n) is 6.71. The van der Waals surface area contributed by atoms with Crippen molar-refractivity contribution in [2.45, 2.75) is 18.9 Å². The number of hydrogen-bond acceptors (Lipinski definition) is 6. The van der Waals surface area contributed by atoms with Crippen LogP contribution >= 0.6 is 15.9 Å². The number of fused-ring (bicyclic) bond motifs is 1. The number of aromatic nitrogens is 2. The number of benzene rings is 1. The van der Waals surface area contributed by atoms with Crippen LogP contribution in [0, 0.1) is 17.2 Å². The van der Waals surface area contributed by atoms with E-state index in [0.717, 1.165) is 42.0 Å². The van der Waals surface area contributed by atoms with Crippen LogP contribution in [0.2, 0.25) is 0 Å². The molecule has 134 valence electrons. The summed E-state index contributed by atoms with van der Waals surface area (Å²) in [6.45, 7) is 2.91. The van der Waals surface area contributed by atoms with Crippen molar-refractivity contribution in [3.8, 4) is 11.9 Å². The molecule has 26 heavy (non-hydrogen) atoms. The molecule has 2 aliphatic rings. The summed E-state index contributed by atoms with van der Waals surface area (Å²) in [6.07, 6.45) is 5.71. The van der Waals surface area contributed by atoms with E-state index in [-0.39, 0.29) is 0 Å². The van der Waals surface area contributed by atoms with Crippen molar-refractivity contribution >= 4 is 27.4 Å². The minimum atomic E-state index is 0.426. The normalized spacial score (nSPS) is 22.0. The first-order valence-corrected chi connectivity index (χ1v) is 9.57. The zero-order valence-electron chi connectivity index (χ0n) is 14.6. The molecule has 0 saturated carbocycles. The molecule has 2 saturated heterocycles. The van der Waals surface area contributed by atoms with Crippen molar-refractivity contribution in [1.29, 1.82) is 5.26 Å². The van der Waals surface area contributed by atoms with Crippen molar-refractivity contribution < 1.29 is 4.74 Å². The summed E-state index contributed by atoms with van der Waals surface area (Å²) in [6, 6.07) is 8.63. The van der Waals surface area contributed by atoms with Gasteiger partial charge in [0.15, 0.2) is 5.82 Å². The van der Waals surface area contributed by atoms with E-state index < -0.39 is 0 Å². The first-order chi connectivity index (χ1) is 12.7. The standard InChI is InChI=1S/C19H20BrN5O/c1-26-19-18(22-6-7-23-19)24-8-4-13-5-9-25(17(13)12-24)15-3-2-14(11-21)16(20)10-15/h2-3,6-7,10,13,17H,4-5,8-9,12H2,1H3. The van der Waals surface area contributed by atoms with Gasteiger partial charge in [-0.05, 0) is 52.9 Å². The number of ether oxygens (including phenoxy) is 1. The van der Waals surface area contributed by atoms with Crippen LogP contribution in [0.25, 0.3) is 0 Å².